The van der Waals surface area contributed by atoms with E-state index in [2.05, 4.69) is 0 Å². The summed E-state index contributed by atoms with van der Waals surface area (Å²) in [7, 11) is 0. The summed E-state index contributed by atoms with van der Waals surface area (Å²) < 4.78 is 0. The van der Waals surface area contributed by atoms with E-state index in [-0.39, 0.29) is 40.8 Å². The van der Waals surface area contributed by atoms with Crippen LogP contribution in [0.3, 0.4) is 0 Å². The van der Waals surface area contributed by atoms with Gasteiger partial charge in [0.05, 0.1) is 22.3 Å². The van der Waals surface area contributed by atoms with Crippen LogP contribution in [0.5, 0.6) is 0 Å². The number of carbonyl (C=O) groups is 4. The average Bonchev–Trinajstić information content (AvgIpc) is 2.55. The van der Waals surface area contributed by atoms with Gasteiger partial charge in [-0.15, -0.1) is 0 Å². The topological polar surface area (TPSA) is 149 Å². The van der Waals surface area contributed by atoms with Gasteiger partial charge in [0, 0.05) is 18.6 Å². The molecule has 0 aliphatic carbocycles. The van der Waals surface area contributed by atoms with Crippen LogP contribution in [0, 0.1) is 0 Å². The molecular weight excluding hydrogens is 371 g/mol. The van der Waals surface area contributed by atoms with E-state index < -0.39 is 23.9 Å². The van der Waals surface area contributed by atoms with Crippen molar-refractivity contribution < 1.29 is 58.2 Å². The van der Waals surface area contributed by atoms with Crippen molar-refractivity contribution in [2.75, 3.05) is 0 Å². The molecule has 25 heavy (non-hydrogen) atoms. The Hall–Kier alpha value is -3.10. The third-order valence-corrected chi connectivity index (χ3v) is 2.78. The molecule has 2 aromatic rings. The second-order valence-electron chi connectivity index (χ2n) is 4.31. The number of hydrogen-bond donors (Lipinski definition) is 4. The predicted molar refractivity (Wildman–Crippen MR) is 80.7 cm³/mol. The molecule has 0 heterocycles. The fourth-order valence-corrected chi connectivity index (χ4v) is 1.71. The van der Waals surface area contributed by atoms with Crippen molar-refractivity contribution in [1.29, 1.82) is 0 Å². The summed E-state index contributed by atoms with van der Waals surface area (Å²) in [5.41, 5.74) is -0.759. The van der Waals surface area contributed by atoms with Crippen LogP contribution in [0.25, 0.3) is 0 Å². The summed E-state index contributed by atoms with van der Waals surface area (Å²) in [5, 5.41) is 34.2. The van der Waals surface area contributed by atoms with Gasteiger partial charge < -0.3 is 20.4 Å². The Kier molecular flexibility index (Phi) is 8.69. The minimum atomic E-state index is -1.23. The number of rotatable bonds is 4. The Balaban J connectivity index is 0.000000443. The molecule has 0 amide bonds. The molecule has 2 rings (SSSR count). The van der Waals surface area contributed by atoms with Crippen LogP contribution in [0.4, 0.5) is 0 Å². The van der Waals surface area contributed by atoms with E-state index in [0.29, 0.717) is 0 Å². The Bertz CT molecular complexity index is 667. The van der Waals surface area contributed by atoms with Crippen molar-refractivity contribution >= 4 is 23.9 Å². The first-order chi connectivity index (χ1) is 11.3. The van der Waals surface area contributed by atoms with Gasteiger partial charge in [-0.2, -0.15) is 0 Å². The summed E-state index contributed by atoms with van der Waals surface area (Å²) in [6.07, 6.45) is 0. The van der Waals surface area contributed by atoms with E-state index in [1.165, 1.54) is 48.5 Å². The number of carboxylic acids is 4. The molecule has 0 unspecified atom stereocenters. The number of hydrogen-bond acceptors (Lipinski definition) is 4. The maximum atomic E-state index is 10.5. The number of benzene rings is 2. The van der Waals surface area contributed by atoms with Gasteiger partial charge in [0.25, 0.3) is 0 Å². The fraction of sp³-hybridized carbons (Fsp3) is 0. The average molecular weight is 383 g/mol. The fourth-order valence-electron chi connectivity index (χ4n) is 1.71. The molecule has 1 radical (unpaired) electrons. The zero-order valence-corrected chi connectivity index (χ0v) is 13.9. The van der Waals surface area contributed by atoms with E-state index in [9.17, 15) is 19.2 Å². The van der Waals surface area contributed by atoms with Crippen molar-refractivity contribution in [2.24, 2.45) is 0 Å². The van der Waals surface area contributed by atoms with Gasteiger partial charge in [0.2, 0.25) is 0 Å². The van der Waals surface area contributed by atoms with Gasteiger partial charge in [0.1, 0.15) is 0 Å². The molecule has 8 nitrogen and oxygen atoms in total. The van der Waals surface area contributed by atoms with Crippen molar-refractivity contribution in [2.45, 2.75) is 0 Å². The summed E-state index contributed by atoms with van der Waals surface area (Å²) in [4.78, 5) is 41.9. The van der Waals surface area contributed by atoms with Crippen LogP contribution in [0.1, 0.15) is 41.4 Å². The Labute approximate surface area is 153 Å². The molecule has 0 spiro atoms. The van der Waals surface area contributed by atoms with E-state index in [0.717, 1.165) is 0 Å². The summed E-state index contributed by atoms with van der Waals surface area (Å²) in [6.45, 7) is 0. The molecule has 4 N–H and O–H groups in total. The van der Waals surface area contributed by atoms with Crippen LogP contribution in [0.15, 0.2) is 48.5 Å². The molecule has 0 saturated carbocycles. The molecule has 0 saturated heterocycles. The third kappa shape index (κ3) is 6.13. The SMILES string of the molecule is O=C(O)c1ccccc1C(=O)O.O=C(O)c1ccccc1C(=O)O.[V]. The molecule has 0 aromatic heterocycles. The second kappa shape index (κ2) is 9.91. The third-order valence-electron chi connectivity index (χ3n) is 2.78. The van der Waals surface area contributed by atoms with Gasteiger partial charge in [-0.25, -0.2) is 19.2 Å². The monoisotopic (exact) mass is 383 g/mol. The first kappa shape index (κ1) is 21.9. The van der Waals surface area contributed by atoms with E-state index in [1.807, 2.05) is 0 Å². The summed E-state index contributed by atoms with van der Waals surface area (Å²) in [5.74, 6) is -4.91. The Morgan fingerprint density at radius 3 is 0.760 bits per heavy atom. The zero-order chi connectivity index (χ0) is 18.3. The van der Waals surface area contributed by atoms with Crippen molar-refractivity contribution in [3.63, 3.8) is 0 Å². The van der Waals surface area contributed by atoms with Crippen LogP contribution >= 0.6 is 0 Å². The molecule has 129 valence electrons. The minimum Gasteiger partial charge on any atom is -0.478 e. The van der Waals surface area contributed by atoms with Crippen molar-refractivity contribution in [1.82, 2.24) is 0 Å². The molecule has 0 fully saturated rings. The Morgan fingerprint density at radius 1 is 0.480 bits per heavy atom. The first-order valence-electron chi connectivity index (χ1n) is 6.37. The second-order valence-corrected chi connectivity index (χ2v) is 4.31. The zero-order valence-electron chi connectivity index (χ0n) is 12.5. The molecule has 2 aromatic carbocycles. The van der Waals surface area contributed by atoms with E-state index in [4.69, 9.17) is 20.4 Å². The molecular formula is C16H12O8V. The van der Waals surface area contributed by atoms with E-state index in [1.54, 1.807) is 0 Å². The van der Waals surface area contributed by atoms with Crippen LogP contribution in [-0.4, -0.2) is 44.3 Å². The standard InChI is InChI=1S/2C8H6O4.V/c2*9-7(10)5-3-1-2-4-6(5)8(11)12;/h2*1-4H,(H,9,10)(H,11,12);. The van der Waals surface area contributed by atoms with Gasteiger partial charge in [-0.1, -0.05) is 24.3 Å². The van der Waals surface area contributed by atoms with Gasteiger partial charge in [-0.3, -0.25) is 0 Å². The van der Waals surface area contributed by atoms with Gasteiger partial charge >= 0.3 is 23.9 Å². The smallest absolute Gasteiger partial charge is 0.336 e. The molecule has 0 aliphatic rings. The van der Waals surface area contributed by atoms with Crippen molar-refractivity contribution in [3.05, 3.63) is 70.8 Å². The van der Waals surface area contributed by atoms with Crippen molar-refractivity contribution in [3.8, 4) is 0 Å². The Morgan fingerprint density at radius 2 is 0.640 bits per heavy atom. The molecule has 0 aliphatic heterocycles. The van der Waals surface area contributed by atoms with Crippen LogP contribution in [-0.2, 0) is 18.6 Å². The van der Waals surface area contributed by atoms with E-state index >= 15 is 0 Å². The maximum absolute atomic E-state index is 10.5. The number of carboxylic acid groups (broad SMARTS) is 4. The minimum absolute atomic E-state index is 0. The molecule has 0 atom stereocenters. The quantitative estimate of drug-likeness (QED) is 0.627. The van der Waals surface area contributed by atoms with Crippen LogP contribution in [0.2, 0.25) is 0 Å². The largest absolute Gasteiger partial charge is 0.478 e. The molecule has 0 bridgehead atoms. The van der Waals surface area contributed by atoms with Gasteiger partial charge in [0.15, 0.2) is 0 Å². The summed E-state index contributed by atoms with van der Waals surface area (Å²) in [6, 6.07) is 11.0. The summed E-state index contributed by atoms with van der Waals surface area (Å²) >= 11 is 0. The normalized spacial score (nSPS) is 8.96. The van der Waals surface area contributed by atoms with Gasteiger partial charge in [-0.05, 0) is 24.3 Å². The predicted octanol–water partition coefficient (Wildman–Crippen LogP) is 2.16. The first-order valence-corrected chi connectivity index (χ1v) is 6.37. The van der Waals surface area contributed by atoms with Crippen LogP contribution < -0.4 is 0 Å². The maximum Gasteiger partial charge on any atom is 0.336 e. The number of aromatic carboxylic acids is 4. The molecule has 9 heteroatoms.